The Morgan fingerprint density at radius 1 is 1.50 bits per heavy atom. The molecular formula is C13H16BrCl2NO. The molecule has 0 saturated heterocycles. The third kappa shape index (κ3) is 5.19. The quantitative estimate of drug-likeness (QED) is 0.804. The van der Waals surface area contributed by atoms with E-state index in [0.29, 0.717) is 11.1 Å². The Balaban J connectivity index is 2.80. The molecule has 2 nitrogen and oxygen atoms in total. The minimum atomic E-state index is 0.266. The van der Waals surface area contributed by atoms with E-state index in [0.717, 1.165) is 22.3 Å². The molecule has 1 aromatic carbocycles. The van der Waals surface area contributed by atoms with Crippen LogP contribution in [0.25, 0.3) is 0 Å². The van der Waals surface area contributed by atoms with Crippen molar-refractivity contribution in [1.29, 1.82) is 0 Å². The van der Waals surface area contributed by atoms with Crippen LogP contribution in [-0.2, 0) is 6.54 Å². The first-order valence-electron chi connectivity index (χ1n) is 5.63. The highest BCUT2D eigenvalue weighted by Crippen LogP contribution is 2.29. The zero-order valence-corrected chi connectivity index (χ0v) is 13.4. The highest BCUT2D eigenvalue weighted by atomic mass is 79.9. The van der Waals surface area contributed by atoms with Gasteiger partial charge in [-0.05, 0) is 22.0 Å². The van der Waals surface area contributed by atoms with Crippen molar-refractivity contribution in [3.8, 4) is 5.75 Å². The number of hydrogen-bond acceptors (Lipinski definition) is 2. The Morgan fingerprint density at radius 3 is 2.83 bits per heavy atom. The SMILES string of the molecule is CC(C)NCc1cccc(Br)c1OCC(Cl)=CCl. The van der Waals surface area contributed by atoms with Gasteiger partial charge in [-0.2, -0.15) is 0 Å². The molecule has 1 rings (SSSR count). The molecule has 1 N–H and O–H groups in total. The van der Waals surface area contributed by atoms with E-state index in [1.165, 1.54) is 5.54 Å². The lowest BCUT2D eigenvalue weighted by molar-refractivity contribution is 0.351. The molecule has 0 radical (unpaired) electrons. The number of rotatable bonds is 6. The first-order valence-corrected chi connectivity index (χ1v) is 7.23. The van der Waals surface area contributed by atoms with Gasteiger partial charge >= 0.3 is 0 Å². The smallest absolute Gasteiger partial charge is 0.138 e. The standard InChI is InChI=1S/C13H16BrCl2NO/c1-9(2)17-7-10-4-3-5-12(14)13(10)18-8-11(16)6-15/h3-6,9,17H,7-8H2,1-2H3. The van der Waals surface area contributed by atoms with Crippen molar-refractivity contribution in [3.05, 3.63) is 38.8 Å². The zero-order chi connectivity index (χ0) is 13.5. The van der Waals surface area contributed by atoms with Crippen LogP contribution in [0.3, 0.4) is 0 Å². The molecule has 0 bridgehead atoms. The van der Waals surface area contributed by atoms with Crippen LogP contribution in [-0.4, -0.2) is 12.6 Å². The fourth-order valence-electron chi connectivity index (χ4n) is 1.34. The van der Waals surface area contributed by atoms with E-state index < -0.39 is 0 Å². The molecule has 18 heavy (non-hydrogen) atoms. The molecule has 0 fully saturated rings. The van der Waals surface area contributed by atoms with Gasteiger partial charge in [0.05, 0.1) is 9.51 Å². The van der Waals surface area contributed by atoms with Crippen LogP contribution >= 0.6 is 39.1 Å². The van der Waals surface area contributed by atoms with E-state index >= 15 is 0 Å². The number of hydrogen-bond donors (Lipinski definition) is 1. The predicted octanol–water partition coefficient (Wildman–Crippen LogP) is 4.64. The van der Waals surface area contributed by atoms with Crippen molar-refractivity contribution >= 4 is 39.1 Å². The van der Waals surface area contributed by atoms with Crippen molar-refractivity contribution < 1.29 is 4.74 Å². The summed E-state index contributed by atoms with van der Waals surface area (Å²) in [6, 6.07) is 6.36. The fraction of sp³-hybridized carbons (Fsp3) is 0.385. The molecule has 1 aromatic rings. The summed E-state index contributed by atoms with van der Waals surface area (Å²) in [5, 5.41) is 3.82. The summed E-state index contributed by atoms with van der Waals surface area (Å²) in [5.41, 5.74) is 2.39. The second-order valence-corrected chi connectivity index (χ2v) is 5.67. The molecule has 0 amide bonds. The maximum absolute atomic E-state index is 5.82. The fourth-order valence-corrected chi connectivity index (χ4v) is 1.98. The average molecular weight is 353 g/mol. The van der Waals surface area contributed by atoms with Crippen LogP contribution < -0.4 is 10.1 Å². The van der Waals surface area contributed by atoms with Crippen LogP contribution in [0.2, 0.25) is 0 Å². The summed E-state index contributed by atoms with van der Waals surface area (Å²) in [4.78, 5) is 0. The molecule has 0 atom stereocenters. The maximum atomic E-state index is 5.82. The van der Waals surface area contributed by atoms with Gasteiger partial charge in [0, 0.05) is 23.7 Å². The topological polar surface area (TPSA) is 21.3 Å². The van der Waals surface area contributed by atoms with Crippen LogP contribution in [0.4, 0.5) is 0 Å². The van der Waals surface area contributed by atoms with E-state index in [1.807, 2.05) is 18.2 Å². The number of para-hydroxylation sites is 1. The van der Waals surface area contributed by atoms with Gasteiger partial charge in [-0.25, -0.2) is 0 Å². The summed E-state index contributed by atoms with van der Waals surface area (Å²) < 4.78 is 6.59. The van der Waals surface area contributed by atoms with Crippen LogP contribution in [0.15, 0.2) is 33.2 Å². The summed E-state index contributed by atoms with van der Waals surface area (Å²) in [5.74, 6) is 0.794. The van der Waals surface area contributed by atoms with E-state index in [1.54, 1.807) is 0 Å². The lowest BCUT2D eigenvalue weighted by atomic mass is 10.2. The second-order valence-electron chi connectivity index (χ2n) is 4.11. The van der Waals surface area contributed by atoms with Gasteiger partial charge in [-0.15, -0.1) is 0 Å². The second kappa shape index (κ2) is 8.05. The van der Waals surface area contributed by atoms with Gasteiger partial charge in [0.15, 0.2) is 0 Å². The highest BCUT2D eigenvalue weighted by Gasteiger charge is 2.09. The average Bonchev–Trinajstić information content (AvgIpc) is 2.34. The summed E-state index contributed by atoms with van der Waals surface area (Å²) >= 11 is 14.8. The van der Waals surface area contributed by atoms with Crippen LogP contribution in [0.5, 0.6) is 5.75 Å². The number of nitrogens with one attached hydrogen (secondary N) is 1. The molecule has 5 heteroatoms. The summed E-state index contributed by atoms with van der Waals surface area (Å²) in [7, 11) is 0. The predicted molar refractivity (Wildman–Crippen MR) is 81.4 cm³/mol. The Hall–Kier alpha value is -0.220. The van der Waals surface area contributed by atoms with Gasteiger partial charge in [0.25, 0.3) is 0 Å². The van der Waals surface area contributed by atoms with Gasteiger partial charge in [0.1, 0.15) is 12.4 Å². The number of halogens is 3. The molecular weight excluding hydrogens is 337 g/mol. The zero-order valence-electron chi connectivity index (χ0n) is 10.3. The minimum Gasteiger partial charge on any atom is -0.486 e. The Kier molecular flexibility index (Phi) is 7.08. The van der Waals surface area contributed by atoms with E-state index in [2.05, 4.69) is 35.1 Å². The van der Waals surface area contributed by atoms with E-state index in [9.17, 15) is 0 Å². The van der Waals surface area contributed by atoms with E-state index in [-0.39, 0.29) is 6.61 Å². The monoisotopic (exact) mass is 351 g/mol. The normalized spacial score (nSPS) is 12.0. The van der Waals surface area contributed by atoms with Crippen molar-refractivity contribution in [1.82, 2.24) is 5.32 Å². The molecule has 0 unspecified atom stereocenters. The van der Waals surface area contributed by atoms with Gasteiger partial charge in [-0.1, -0.05) is 49.2 Å². The van der Waals surface area contributed by atoms with Crippen molar-refractivity contribution in [2.75, 3.05) is 6.61 Å². The first kappa shape index (κ1) is 15.8. The van der Waals surface area contributed by atoms with E-state index in [4.69, 9.17) is 27.9 Å². The van der Waals surface area contributed by atoms with Crippen molar-refractivity contribution in [3.63, 3.8) is 0 Å². The summed E-state index contributed by atoms with van der Waals surface area (Å²) in [6.45, 7) is 5.22. The number of ether oxygens (including phenoxy) is 1. The Morgan fingerprint density at radius 2 is 2.22 bits per heavy atom. The Bertz CT molecular complexity index is 421. The third-order valence-corrected chi connectivity index (χ3v) is 3.44. The molecule has 100 valence electrons. The lowest BCUT2D eigenvalue weighted by Crippen LogP contribution is -2.22. The van der Waals surface area contributed by atoms with Gasteiger partial charge < -0.3 is 10.1 Å². The molecule has 0 aliphatic heterocycles. The lowest BCUT2D eigenvalue weighted by Gasteiger charge is -2.15. The first-order chi connectivity index (χ1) is 8.54. The van der Waals surface area contributed by atoms with Gasteiger partial charge in [-0.3, -0.25) is 0 Å². The third-order valence-electron chi connectivity index (χ3n) is 2.22. The molecule has 0 heterocycles. The largest absolute Gasteiger partial charge is 0.486 e. The number of benzene rings is 1. The molecule has 0 saturated carbocycles. The maximum Gasteiger partial charge on any atom is 0.138 e. The Labute approximate surface area is 126 Å². The highest BCUT2D eigenvalue weighted by molar-refractivity contribution is 9.10. The minimum absolute atomic E-state index is 0.266. The van der Waals surface area contributed by atoms with Crippen molar-refractivity contribution in [2.24, 2.45) is 0 Å². The molecule has 0 aliphatic rings. The van der Waals surface area contributed by atoms with Crippen molar-refractivity contribution in [2.45, 2.75) is 26.4 Å². The van der Waals surface area contributed by atoms with Crippen LogP contribution in [0.1, 0.15) is 19.4 Å². The summed E-state index contributed by atoms with van der Waals surface area (Å²) in [6.07, 6.45) is 0. The molecule has 0 aromatic heterocycles. The van der Waals surface area contributed by atoms with Gasteiger partial charge in [0.2, 0.25) is 0 Å². The molecule has 0 aliphatic carbocycles. The molecule has 0 spiro atoms. The van der Waals surface area contributed by atoms with Crippen LogP contribution in [0, 0.1) is 0 Å².